The third-order valence-corrected chi connectivity index (χ3v) is 7.77. The Morgan fingerprint density at radius 2 is 1.64 bits per heavy atom. The van der Waals surface area contributed by atoms with E-state index in [1.165, 1.54) is 6.26 Å². The number of ether oxygens (including phenoxy) is 1. The minimum atomic E-state index is -3.31. The van der Waals surface area contributed by atoms with E-state index in [9.17, 15) is 13.2 Å². The van der Waals surface area contributed by atoms with Gasteiger partial charge in [-0.05, 0) is 42.2 Å². The van der Waals surface area contributed by atoms with Gasteiger partial charge in [0.05, 0.1) is 17.4 Å². The Morgan fingerprint density at radius 3 is 2.25 bits per heavy atom. The second-order valence-corrected chi connectivity index (χ2v) is 11.2. The van der Waals surface area contributed by atoms with Crippen LogP contribution in [0.1, 0.15) is 24.8 Å². The first-order chi connectivity index (χ1) is 17.3. The highest BCUT2D eigenvalue weighted by Gasteiger charge is 2.39. The van der Waals surface area contributed by atoms with Gasteiger partial charge in [-0.2, -0.15) is 0 Å². The van der Waals surface area contributed by atoms with E-state index >= 15 is 0 Å². The molecule has 0 saturated carbocycles. The molecule has 1 fully saturated rings. The van der Waals surface area contributed by atoms with Crippen molar-refractivity contribution in [1.29, 1.82) is 0 Å². The van der Waals surface area contributed by atoms with Crippen LogP contribution in [0.15, 0.2) is 84.2 Å². The Hall–Kier alpha value is -3.56. The molecule has 2 aliphatic rings. The SMILES string of the molecule is CS(=O)(=O)c1ccc(C2(OC3CCN(c4ncc(-c5ccccc5)cn4)CC3)C=CNC(=O)C2)cc1. The van der Waals surface area contributed by atoms with Crippen molar-refractivity contribution in [1.82, 2.24) is 15.3 Å². The van der Waals surface area contributed by atoms with Crippen LogP contribution in [0.4, 0.5) is 5.95 Å². The van der Waals surface area contributed by atoms with E-state index in [1.54, 1.807) is 30.5 Å². The zero-order chi connectivity index (χ0) is 25.2. The van der Waals surface area contributed by atoms with Gasteiger partial charge < -0.3 is 15.0 Å². The van der Waals surface area contributed by atoms with E-state index in [0.717, 1.165) is 42.6 Å². The van der Waals surface area contributed by atoms with Crippen molar-refractivity contribution >= 4 is 21.7 Å². The first-order valence-corrected chi connectivity index (χ1v) is 13.8. The third kappa shape index (κ3) is 5.17. The Labute approximate surface area is 211 Å². The van der Waals surface area contributed by atoms with E-state index in [2.05, 4.69) is 20.2 Å². The summed E-state index contributed by atoms with van der Waals surface area (Å²) in [6.07, 6.45) is 9.89. The smallest absolute Gasteiger partial charge is 0.227 e. The molecule has 0 bridgehead atoms. The van der Waals surface area contributed by atoms with Crippen molar-refractivity contribution in [2.75, 3.05) is 24.2 Å². The van der Waals surface area contributed by atoms with Crippen LogP contribution in [-0.4, -0.2) is 49.7 Å². The third-order valence-electron chi connectivity index (χ3n) is 6.64. The van der Waals surface area contributed by atoms with Crippen molar-refractivity contribution in [2.24, 2.45) is 0 Å². The maximum atomic E-state index is 12.3. The number of anilines is 1. The van der Waals surface area contributed by atoms with Crippen LogP contribution < -0.4 is 10.2 Å². The molecule has 1 saturated heterocycles. The lowest BCUT2D eigenvalue weighted by molar-refractivity contribution is -0.133. The van der Waals surface area contributed by atoms with Crippen LogP contribution >= 0.6 is 0 Å². The number of piperidine rings is 1. The number of amides is 1. The molecule has 186 valence electrons. The molecule has 1 unspecified atom stereocenters. The Bertz CT molecular complexity index is 1350. The highest BCUT2D eigenvalue weighted by Crippen LogP contribution is 2.37. The number of carbonyl (C=O) groups excluding carboxylic acids is 1. The van der Waals surface area contributed by atoms with Crippen molar-refractivity contribution < 1.29 is 17.9 Å². The predicted octanol–water partition coefficient (Wildman–Crippen LogP) is 3.46. The summed E-state index contributed by atoms with van der Waals surface area (Å²) >= 11 is 0. The number of nitrogens with one attached hydrogen (secondary N) is 1. The van der Waals surface area contributed by atoms with Gasteiger partial charge in [0.1, 0.15) is 5.60 Å². The highest BCUT2D eigenvalue weighted by atomic mass is 32.2. The summed E-state index contributed by atoms with van der Waals surface area (Å²) in [5.74, 6) is 0.546. The summed E-state index contributed by atoms with van der Waals surface area (Å²) < 4.78 is 30.4. The second-order valence-electron chi connectivity index (χ2n) is 9.21. The molecule has 0 radical (unpaired) electrons. The van der Waals surface area contributed by atoms with E-state index < -0.39 is 15.4 Å². The molecule has 0 spiro atoms. The fourth-order valence-electron chi connectivity index (χ4n) is 4.68. The monoisotopic (exact) mass is 504 g/mol. The Kier molecular flexibility index (Phi) is 6.59. The average Bonchev–Trinajstić information content (AvgIpc) is 2.89. The maximum Gasteiger partial charge on any atom is 0.227 e. The van der Waals surface area contributed by atoms with Gasteiger partial charge in [0.15, 0.2) is 9.84 Å². The summed E-state index contributed by atoms with van der Waals surface area (Å²) in [6, 6.07) is 16.6. The van der Waals surface area contributed by atoms with Crippen molar-refractivity contribution in [3.8, 4) is 11.1 Å². The molecule has 36 heavy (non-hydrogen) atoms. The van der Waals surface area contributed by atoms with Gasteiger partial charge in [0.25, 0.3) is 0 Å². The number of carbonyl (C=O) groups is 1. The Balaban J connectivity index is 1.28. The van der Waals surface area contributed by atoms with Crippen molar-refractivity contribution in [3.05, 3.63) is 84.8 Å². The van der Waals surface area contributed by atoms with Crippen LogP contribution in [0.5, 0.6) is 0 Å². The fraction of sp³-hybridized carbons (Fsp3) is 0.296. The summed E-state index contributed by atoms with van der Waals surface area (Å²) in [5.41, 5.74) is 1.86. The molecule has 5 rings (SSSR count). The number of rotatable bonds is 6. The maximum absolute atomic E-state index is 12.3. The van der Waals surface area contributed by atoms with Gasteiger partial charge in [-0.15, -0.1) is 0 Å². The minimum Gasteiger partial charge on any atom is -0.362 e. The molecule has 2 aliphatic heterocycles. The molecule has 3 heterocycles. The summed E-state index contributed by atoms with van der Waals surface area (Å²) in [5, 5.41) is 2.70. The largest absolute Gasteiger partial charge is 0.362 e. The molecule has 1 atom stereocenters. The van der Waals surface area contributed by atoms with E-state index in [-0.39, 0.29) is 23.3 Å². The first-order valence-electron chi connectivity index (χ1n) is 11.9. The standard InChI is InChI=1S/C27H28N4O4S/c1-36(33,34)24-9-7-22(8-10-24)27(13-14-28-25(32)17-27)35-23-11-15-31(16-12-23)26-29-18-21(19-30-26)20-5-3-2-4-6-20/h2-10,13-14,18-19,23H,11-12,15-17H2,1H3,(H,28,32). The molecular weight excluding hydrogens is 476 g/mol. The van der Waals surface area contributed by atoms with Crippen LogP contribution in [0.25, 0.3) is 11.1 Å². The molecule has 1 N–H and O–H groups in total. The molecule has 0 aliphatic carbocycles. The van der Waals surface area contributed by atoms with Gasteiger partial charge >= 0.3 is 0 Å². The van der Waals surface area contributed by atoms with Crippen LogP contribution in [0.2, 0.25) is 0 Å². The highest BCUT2D eigenvalue weighted by molar-refractivity contribution is 7.90. The van der Waals surface area contributed by atoms with Crippen LogP contribution in [0, 0.1) is 0 Å². The summed E-state index contributed by atoms with van der Waals surface area (Å²) in [7, 11) is -3.31. The van der Waals surface area contributed by atoms with Gasteiger partial charge in [0.2, 0.25) is 11.9 Å². The number of sulfone groups is 1. The van der Waals surface area contributed by atoms with Crippen molar-refractivity contribution in [2.45, 2.75) is 35.9 Å². The van der Waals surface area contributed by atoms with Gasteiger partial charge in [-0.1, -0.05) is 42.5 Å². The number of aromatic nitrogens is 2. The van der Waals surface area contributed by atoms with E-state index in [1.807, 2.05) is 48.8 Å². The quantitative estimate of drug-likeness (QED) is 0.549. The summed E-state index contributed by atoms with van der Waals surface area (Å²) in [4.78, 5) is 23.9. The lowest BCUT2D eigenvalue weighted by Gasteiger charge is -2.40. The topological polar surface area (TPSA) is 101 Å². The lowest BCUT2D eigenvalue weighted by Crippen LogP contribution is -2.45. The van der Waals surface area contributed by atoms with Crippen LogP contribution in [-0.2, 0) is 25.0 Å². The second kappa shape index (κ2) is 9.83. The molecule has 3 aromatic rings. The number of benzene rings is 2. The molecule has 8 nitrogen and oxygen atoms in total. The van der Waals surface area contributed by atoms with Crippen LogP contribution in [0.3, 0.4) is 0 Å². The number of nitrogens with zero attached hydrogens (tertiary/aromatic N) is 3. The molecule has 9 heteroatoms. The van der Waals surface area contributed by atoms with Crippen molar-refractivity contribution in [3.63, 3.8) is 0 Å². The number of hydrogen-bond donors (Lipinski definition) is 1. The zero-order valence-electron chi connectivity index (χ0n) is 20.0. The van der Waals surface area contributed by atoms with Gasteiger partial charge in [-0.25, -0.2) is 18.4 Å². The summed E-state index contributed by atoms with van der Waals surface area (Å²) in [6.45, 7) is 1.46. The molecule has 1 amide bonds. The average molecular weight is 505 g/mol. The van der Waals surface area contributed by atoms with Gasteiger partial charge in [0, 0.05) is 43.5 Å². The zero-order valence-corrected chi connectivity index (χ0v) is 20.8. The molecular formula is C27H28N4O4S. The fourth-order valence-corrected chi connectivity index (χ4v) is 5.31. The molecule has 1 aromatic heterocycles. The first kappa shape index (κ1) is 24.1. The van der Waals surface area contributed by atoms with E-state index in [0.29, 0.717) is 5.95 Å². The predicted molar refractivity (Wildman–Crippen MR) is 137 cm³/mol. The normalized spacial score (nSPS) is 20.8. The van der Waals surface area contributed by atoms with E-state index in [4.69, 9.17) is 4.74 Å². The van der Waals surface area contributed by atoms with Gasteiger partial charge in [-0.3, -0.25) is 4.79 Å². The number of hydrogen-bond acceptors (Lipinski definition) is 7. The minimum absolute atomic E-state index is 0.0741. The lowest BCUT2D eigenvalue weighted by atomic mass is 9.87. The molecule has 2 aromatic carbocycles. The Morgan fingerprint density at radius 1 is 0.972 bits per heavy atom.